The molecule has 0 aromatic heterocycles. The van der Waals surface area contributed by atoms with E-state index in [0.717, 1.165) is 18.4 Å². The minimum absolute atomic E-state index is 0.0196. The van der Waals surface area contributed by atoms with Gasteiger partial charge in [-0.05, 0) is 31.7 Å². The van der Waals surface area contributed by atoms with Crippen molar-refractivity contribution < 1.29 is 28.2 Å². The molecule has 8 heteroatoms. The number of aryl methyl sites for hydroxylation is 1. The van der Waals surface area contributed by atoms with Crippen LogP contribution in [-0.2, 0) is 11.3 Å². The third-order valence-electron chi connectivity index (χ3n) is 5.45. The first kappa shape index (κ1) is 18.4. The standard InChI is InChI=1S/C18H22F2N2O4/c1-11-4-5-14(26-16(19)20)12(7-11)8-21-17(25)22-9-13-3-2-6-18(13,10-22)15(23)24/h4-5,7,13,16H,2-3,6,8-10H2,1H3,(H,21,25)(H,23,24)/t13-,18+/m0/s1. The van der Waals surface area contributed by atoms with Gasteiger partial charge in [0.2, 0.25) is 0 Å². The number of carboxylic acids is 1. The number of halogens is 2. The summed E-state index contributed by atoms with van der Waals surface area (Å²) in [5.41, 5.74) is 0.465. The van der Waals surface area contributed by atoms with Gasteiger partial charge in [-0.3, -0.25) is 4.79 Å². The maximum absolute atomic E-state index is 12.5. The zero-order valence-electron chi connectivity index (χ0n) is 14.5. The summed E-state index contributed by atoms with van der Waals surface area (Å²) in [6.07, 6.45) is 2.26. The lowest BCUT2D eigenvalue weighted by molar-refractivity contribution is -0.149. The second kappa shape index (κ2) is 7.09. The van der Waals surface area contributed by atoms with E-state index in [1.54, 1.807) is 12.1 Å². The van der Waals surface area contributed by atoms with Crippen molar-refractivity contribution in [2.24, 2.45) is 11.3 Å². The lowest BCUT2D eigenvalue weighted by Gasteiger charge is -2.23. The average Bonchev–Trinajstić information content (AvgIpc) is 3.12. The highest BCUT2D eigenvalue weighted by Crippen LogP contribution is 2.48. The molecule has 0 unspecified atom stereocenters. The number of carbonyl (C=O) groups is 2. The third-order valence-corrected chi connectivity index (χ3v) is 5.45. The molecular weight excluding hydrogens is 346 g/mol. The fourth-order valence-electron chi connectivity index (χ4n) is 4.13. The van der Waals surface area contributed by atoms with Gasteiger partial charge in [0.05, 0.1) is 5.41 Å². The van der Waals surface area contributed by atoms with Gasteiger partial charge in [0.15, 0.2) is 0 Å². The number of ether oxygens (including phenoxy) is 1. The molecule has 2 amide bonds. The fraction of sp³-hybridized carbons (Fsp3) is 0.556. The smallest absolute Gasteiger partial charge is 0.387 e. The molecule has 2 N–H and O–H groups in total. The van der Waals surface area contributed by atoms with Crippen molar-refractivity contribution in [2.45, 2.75) is 39.3 Å². The Hall–Kier alpha value is -2.38. The lowest BCUT2D eigenvalue weighted by atomic mass is 9.81. The lowest BCUT2D eigenvalue weighted by Crippen LogP contribution is -2.41. The summed E-state index contributed by atoms with van der Waals surface area (Å²) in [6.45, 7) is -0.501. The number of nitrogens with one attached hydrogen (secondary N) is 1. The van der Waals surface area contributed by atoms with Crippen molar-refractivity contribution in [1.29, 1.82) is 0 Å². The molecule has 2 fully saturated rings. The molecule has 1 aromatic carbocycles. The van der Waals surface area contributed by atoms with Crippen LogP contribution in [0.1, 0.15) is 30.4 Å². The van der Waals surface area contributed by atoms with Gasteiger partial charge >= 0.3 is 18.6 Å². The molecule has 0 spiro atoms. The molecular formula is C18H22F2N2O4. The number of carbonyl (C=O) groups excluding carboxylic acids is 1. The molecule has 1 aliphatic carbocycles. The number of rotatable bonds is 5. The van der Waals surface area contributed by atoms with E-state index in [2.05, 4.69) is 10.1 Å². The molecule has 0 bridgehead atoms. The summed E-state index contributed by atoms with van der Waals surface area (Å²) in [7, 11) is 0. The summed E-state index contributed by atoms with van der Waals surface area (Å²) < 4.78 is 29.5. The average molecular weight is 368 g/mol. The number of carboxylic acid groups (broad SMARTS) is 1. The number of fused-ring (bicyclic) bond motifs is 1. The molecule has 1 saturated carbocycles. The van der Waals surface area contributed by atoms with E-state index in [9.17, 15) is 23.5 Å². The Morgan fingerprint density at radius 1 is 1.46 bits per heavy atom. The SMILES string of the molecule is Cc1ccc(OC(F)F)c(CNC(=O)N2C[C@@H]3CCC[C@@]3(C(=O)O)C2)c1. The molecule has 1 aromatic rings. The Morgan fingerprint density at radius 2 is 2.23 bits per heavy atom. The summed E-state index contributed by atoms with van der Waals surface area (Å²) in [5.74, 6) is -0.852. The molecule has 26 heavy (non-hydrogen) atoms. The first-order valence-corrected chi connectivity index (χ1v) is 8.62. The predicted octanol–water partition coefficient (Wildman–Crippen LogP) is 2.99. The van der Waals surface area contributed by atoms with Gasteiger partial charge in [-0.2, -0.15) is 8.78 Å². The topological polar surface area (TPSA) is 78.9 Å². The molecule has 1 heterocycles. The Morgan fingerprint density at radius 3 is 2.88 bits per heavy atom. The first-order chi connectivity index (χ1) is 12.3. The van der Waals surface area contributed by atoms with Gasteiger partial charge in [-0.15, -0.1) is 0 Å². The van der Waals surface area contributed by atoms with Crippen LogP contribution in [0.4, 0.5) is 13.6 Å². The van der Waals surface area contributed by atoms with Crippen LogP contribution in [-0.4, -0.2) is 41.7 Å². The Kier molecular flexibility index (Phi) is 5.02. The second-order valence-corrected chi connectivity index (χ2v) is 7.08. The molecule has 2 aliphatic rings. The number of nitrogens with zero attached hydrogens (tertiary/aromatic N) is 1. The maximum atomic E-state index is 12.5. The maximum Gasteiger partial charge on any atom is 0.387 e. The van der Waals surface area contributed by atoms with E-state index in [0.29, 0.717) is 18.5 Å². The number of benzene rings is 1. The molecule has 0 radical (unpaired) electrons. The molecule has 6 nitrogen and oxygen atoms in total. The molecule has 2 atom stereocenters. The van der Waals surface area contributed by atoms with Gasteiger partial charge < -0.3 is 20.1 Å². The van der Waals surface area contributed by atoms with Crippen molar-refractivity contribution in [3.05, 3.63) is 29.3 Å². The summed E-state index contributed by atoms with van der Waals surface area (Å²) in [5, 5.41) is 12.3. The van der Waals surface area contributed by atoms with Crippen molar-refractivity contribution in [1.82, 2.24) is 10.2 Å². The zero-order chi connectivity index (χ0) is 18.9. The van der Waals surface area contributed by atoms with Crippen LogP contribution >= 0.6 is 0 Å². The predicted molar refractivity (Wildman–Crippen MR) is 89.0 cm³/mol. The Labute approximate surface area is 150 Å². The van der Waals surface area contributed by atoms with E-state index < -0.39 is 18.0 Å². The van der Waals surface area contributed by atoms with Crippen LogP contribution < -0.4 is 10.1 Å². The van der Waals surface area contributed by atoms with Crippen molar-refractivity contribution in [3.8, 4) is 5.75 Å². The largest absolute Gasteiger partial charge is 0.481 e. The number of likely N-dealkylation sites (tertiary alicyclic amines) is 1. The van der Waals surface area contributed by atoms with E-state index in [-0.39, 0.29) is 30.8 Å². The van der Waals surface area contributed by atoms with Gasteiger partial charge in [0, 0.05) is 25.2 Å². The minimum Gasteiger partial charge on any atom is -0.481 e. The van der Waals surface area contributed by atoms with Crippen LogP contribution in [0.5, 0.6) is 5.75 Å². The second-order valence-electron chi connectivity index (χ2n) is 7.08. The monoisotopic (exact) mass is 368 g/mol. The molecule has 1 aliphatic heterocycles. The van der Waals surface area contributed by atoms with Crippen molar-refractivity contribution in [2.75, 3.05) is 13.1 Å². The van der Waals surface area contributed by atoms with E-state index in [4.69, 9.17) is 0 Å². The molecule has 142 valence electrons. The van der Waals surface area contributed by atoms with Crippen LogP contribution in [0.15, 0.2) is 18.2 Å². The quantitative estimate of drug-likeness (QED) is 0.837. The number of hydrogen-bond acceptors (Lipinski definition) is 3. The van der Waals surface area contributed by atoms with Gasteiger partial charge in [-0.1, -0.05) is 24.1 Å². The number of urea groups is 1. The normalized spacial score (nSPS) is 24.6. The van der Waals surface area contributed by atoms with E-state index >= 15 is 0 Å². The summed E-state index contributed by atoms with van der Waals surface area (Å²) in [6, 6.07) is 4.39. The third kappa shape index (κ3) is 3.45. The van der Waals surface area contributed by atoms with E-state index in [1.165, 1.54) is 11.0 Å². The highest BCUT2D eigenvalue weighted by Gasteiger charge is 2.55. The molecule has 3 rings (SSSR count). The van der Waals surface area contributed by atoms with Crippen LogP contribution in [0, 0.1) is 18.3 Å². The Balaban J connectivity index is 1.65. The number of aliphatic carboxylic acids is 1. The van der Waals surface area contributed by atoms with Crippen LogP contribution in [0.2, 0.25) is 0 Å². The van der Waals surface area contributed by atoms with Crippen LogP contribution in [0.25, 0.3) is 0 Å². The number of hydrogen-bond donors (Lipinski definition) is 2. The summed E-state index contributed by atoms with van der Waals surface area (Å²) in [4.78, 5) is 25.7. The minimum atomic E-state index is -2.94. The van der Waals surface area contributed by atoms with Crippen molar-refractivity contribution in [3.63, 3.8) is 0 Å². The van der Waals surface area contributed by atoms with E-state index in [1.807, 2.05) is 6.92 Å². The van der Waals surface area contributed by atoms with Gasteiger partial charge in [-0.25, -0.2) is 4.79 Å². The van der Waals surface area contributed by atoms with Gasteiger partial charge in [0.1, 0.15) is 5.75 Å². The number of alkyl halides is 2. The first-order valence-electron chi connectivity index (χ1n) is 8.62. The highest BCUT2D eigenvalue weighted by molar-refractivity contribution is 5.80. The van der Waals surface area contributed by atoms with Crippen LogP contribution in [0.3, 0.4) is 0 Å². The Bertz CT molecular complexity index is 712. The van der Waals surface area contributed by atoms with Crippen molar-refractivity contribution >= 4 is 12.0 Å². The molecule has 1 saturated heterocycles. The zero-order valence-corrected chi connectivity index (χ0v) is 14.5. The number of amides is 2. The highest BCUT2D eigenvalue weighted by atomic mass is 19.3. The summed E-state index contributed by atoms with van der Waals surface area (Å²) >= 11 is 0. The van der Waals surface area contributed by atoms with Gasteiger partial charge in [0.25, 0.3) is 0 Å². The fourth-order valence-corrected chi connectivity index (χ4v) is 4.13.